The van der Waals surface area contributed by atoms with Crippen LogP contribution in [0.1, 0.15) is 36.0 Å². The highest BCUT2D eigenvalue weighted by Gasteiger charge is 2.23. The van der Waals surface area contributed by atoms with Gasteiger partial charge in [0.15, 0.2) is 0 Å². The quantitative estimate of drug-likeness (QED) is 0.844. The maximum Gasteiger partial charge on any atom is 0.253 e. The molecule has 1 fully saturated rings. The van der Waals surface area contributed by atoms with Crippen LogP contribution in [0.5, 0.6) is 0 Å². The van der Waals surface area contributed by atoms with E-state index in [1.807, 2.05) is 12.1 Å². The molecule has 1 amide bonds. The van der Waals surface area contributed by atoms with Crippen LogP contribution < -0.4 is 11.1 Å². The highest BCUT2D eigenvalue weighted by Crippen LogP contribution is 2.27. The number of amides is 1. The van der Waals surface area contributed by atoms with Gasteiger partial charge >= 0.3 is 0 Å². The number of rotatable bonds is 4. The second-order valence-electron chi connectivity index (χ2n) is 5.85. The van der Waals surface area contributed by atoms with Gasteiger partial charge in [0.1, 0.15) is 0 Å². The van der Waals surface area contributed by atoms with Crippen molar-refractivity contribution in [1.29, 1.82) is 0 Å². The van der Waals surface area contributed by atoms with Gasteiger partial charge in [0, 0.05) is 25.0 Å². The maximum absolute atomic E-state index is 12.6. The molecule has 1 saturated carbocycles. The van der Waals surface area contributed by atoms with E-state index in [4.69, 9.17) is 10.5 Å². The first-order chi connectivity index (χ1) is 11.2. The lowest BCUT2D eigenvalue weighted by Crippen LogP contribution is -2.39. The molecule has 0 bridgehead atoms. The van der Waals surface area contributed by atoms with Gasteiger partial charge in [-0.1, -0.05) is 6.07 Å². The summed E-state index contributed by atoms with van der Waals surface area (Å²) in [6, 6.07) is 5.74. The van der Waals surface area contributed by atoms with Crippen LogP contribution in [-0.4, -0.2) is 30.1 Å². The molecule has 0 radical (unpaired) electrons. The lowest BCUT2D eigenvalue weighted by molar-refractivity contribution is 0.0599. The van der Waals surface area contributed by atoms with E-state index in [9.17, 15) is 4.79 Å². The molecule has 2 aromatic rings. The fourth-order valence-corrected chi connectivity index (χ4v) is 3.59. The van der Waals surface area contributed by atoms with Crippen LogP contribution in [0.15, 0.2) is 29.9 Å². The molecule has 1 aromatic heterocycles. The number of nitrogens with two attached hydrogens (primary N) is 1. The van der Waals surface area contributed by atoms with Gasteiger partial charge in [-0.15, -0.1) is 11.3 Å². The largest absolute Gasteiger partial charge is 0.398 e. The number of hydrogen-bond acceptors (Lipinski definition) is 5. The number of ether oxygens (including phenoxy) is 1. The Balaban J connectivity index is 1.71. The van der Waals surface area contributed by atoms with Gasteiger partial charge in [0.05, 0.1) is 22.1 Å². The average molecular weight is 331 g/mol. The summed E-state index contributed by atoms with van der Waals surface area (Å²) >= 11 is 1.54. The molecule has 122 valence electrons. The molecular formula is C17H21N3O2S. The molecule has 1 aliphatic carbocycles. The van der Waals surface area contributed by atoms with Crippen LogP contribution in [0.25, 0.3) is 10.4 Å². The summed E-state index contributed by atoms with van der Waals surface area (Å²) in [6.45, 7) is 0. The minimum absolute atomic E-state index is 0.102. The summed E-state index contributed by atoms with van der Waals surface area (Å²) in [5.41, 5.74) is 9.78. The molecule has 0 unspecified atom stereocenters. The number of anilines is 1. The second-order valence-corrected chi connectivity index (χ2v) is 6.74. The van der Waals surface area contributed by atoms with E-state index in [0.29, 0.717) is 17.4 Å². The van der Waals surface area contributed by atoms with Crippen LogP contribution in [0.3, 0.4) is 0 Å². The van der Waals surface area contributed by atoms with Crippen LogP contribution in [-0.2, 0) is 4.74 Å². The number of nitrogen functional groups attached to an aromatic ring is 1. The predicted octanol–water partition coefficient (Wildman–Crippen LogP) is 3.08. The summed E-state index contributed by atoms with van der Waals surface area (Å²) in [7, 11) is 1.75. The number of carbonyl (C=O) groups is 1. The number of aromatic nitrogens is 1. The number of thiazole rings is 1. The Labute approximate surface area is 139 Å². The van der Waals surface area contributed by atoms with Gasteiger partial charge in [-0.2, -0.15) is 0 Å². The van der Waals surface area contributed by atoms with Gasteiger partial charge in [-0.3, -0.25) is 9.78 Å². The number of nitrogens with zero attached hydrogens (tertiary/aromatic N) is 1. The number of methoxy groups -OCH3 is 1. The van der Waals surface area contributed by atoms with E-state index >= 15 is 0 Å². The zero-order valence-electron chi connectivity index (χ0n) is 13.1. The van der Waals surface area contributed by atoms with E-state index in [-0.39, 0.29) is 11.9 Å². The van der Waals surface area contributed by atoms with Gasteiger partial charge in [0.25, 0.3) is 5.91 Å². The van der Waals surface area contributed by atoms with Crippen LogP contribution in [0, 0.1) is 0 Å². The van der Waals surface area contributed by atoms with E-state index in [0.717, 1.165) is 36.1 Å². The van der Waals surface area contributed by atoms with Crippen LogP contribution in [0.4, 0.5) is 5.69 Å². The van der Waals surface area contributed by atoms with E-state index in [1.165, 1.54) is 0 Å². The third-order valence-corrected chi connectivity index (χ3v) is 5.18. The minimum Gasteiger partial charge on any atom is -0.398 e. The van der Waals surface area contributed by atoms with Crippen molar-refractivity contribution >= 4 is 22.9 Å². The highest BCUT2D eigenvalue weighted by molar-refractivity contribution is 7.13. The number of hydrogen-bond donors (Lipinski definition) is 2. The Bertz CT molecular complexity index is 664. The number of carbonyl (C=O) groups excluding carboxylic acids is 1. The second kappa shape index (κ2) is 7.10. The lowest BCUT2D eigenvalue weighted by atomic mass is 9.92. The van der Waals surface area contributed by atoms with Gasteiger partial charge < -0.3 is 15.8 Å². The van der Waals surface area contributed by atoms with Crippen molar-refractivity contribution < 1.29 is 9.53 Å². The number of nitrogens with one attached hydrogen (secondary N) is 1. The molecule has 0 spiro atoms. The smallest absolute Gasteiger partial charge is 0.253 e. The third-order valence-electron chi connectivity index (χ3n) is 4.36. The molecule has 3 N–H and O–H groups in total. The molecule has 5 nitrogen and oxygen atoms in total. The standard InChI is InChI=1S/C17H21N3O2S/c1-22-13-5-3-12(4-6-13)20-17(21)14-8-11(2-7-15(14)18)16-9-19-10-23-16/h2,7-10,12-13H,3-6,18H2,1H3,(H,20,21). The average Bonchev–Trinajstić information content (AvgIpc) is 3.10. The topological polar surface area (TPSA) is 77.2 Å². The molecule has 23 heavy (non-hydrogen) atoms. The molecule has 0 atom stereocenters. The van der Waals surface area contributed by atoms with E-state index in [1.54, 1.807) is 36.2 Å². The summed E-state index contributed by atoms with van der Waals surface area (Å²) < 4.78 is 5.37. The Hall–Kier alpha value is -1.92. The first-order valence-electron chi connectivity index (χ1n) is 7.79. The van der Waals surface area contributed by atoms with Crippen molar-refractivity contribution in [1.82, 2.24) is 10.3 Å². The first-order valence-corrected chi connectivity index (χ1v) is 8.67. The van der Waals surface area contributed by atoms with Gasteiger partial charge in [-0.25, -0.2) is 0 Å². The molecule has 1 heterocycles. The Morgan fingerprint density at radius 2 is 2.13 bits per heavy atom. The Morgan fingerprint density at radius 3 is 2.78 bits per heavy atom. The normalized spacial score (nSPS) is 21.1. The fourth-order valence-electron chi connectivity index (χ4n) is 2.97. The van der Waals surface area contributed by atoms with Crippen molar-refractivity contribution in [2.24, 2.45) is 0 Å². The zero-order chi connectivity index (χ0) is 16.2. The highest BCUT2D eigenvalue weighted by atomic mass is 32.1. The Kier molecular flexibility index (Phi) is 4.93. The summed E-state index contributed by atoms with van der Waals surface area (Å²) in [6.07, 6.45) is 5.97. The van der Waals surface area contributed by atoms with E-state index in [2.05, 4.69) is 10.3 Å². The van der Waals surface area contributed by atoms with E-state index < -0.39 is 0 Å². The molecule has 1 aromatic carbocycles. The van der Waals surface area contributed by atoms with Crippen molar-refractivity contribution in [3.8, 4) is 10.4 Å². The van der Waals surface area contributed by atoms with Crippen molar-refractivity contribution in [2.45, 2.75) is 37.8 Å². The zero-order valence-corrected chi connectivity index (χ0v) is 13.9. The van der Waals surface area contributed by atoms with Crippen LogP contribution >= 0.6 is 11.3 Å². The molecule has 3 rings (SSSR count). The number of benzene rings is 1. The third kappa shape index (κ3) is 3.71. The summed E-state index contributed by atoms with van der Waals surface area (Å²) in [4.78, 5) is 17.7. The molecule has 1 aliphatic rings. The lowest BCUT2D eigenvalue weighted by Gasteiger charge is -2.28. The molecule has 6 heteroatoms. The van der Waals surface area contributed by atoms with Gasteiger partial charge in [0.2, 0.25) is 0 Å². The SMILES string of the molecule is COC1CCC(NC(=O)c2cc(-c3cncs3)ccc2N)CC1. The van der Waals surface area contributed by atoms with Gasteiger partial charge in [-0.05, 0) is 43.4 Å². The van der Waals surface area contributed by atoms with Crippen molar-refractivity contribution in [3.05, 3.63) is 35.5 Å². The van der Waals surface area contributed by atoms with Crippen LogP contribution in [0.2, 0.25) is 0 Å². The fraction of sp³-hybridized carbons (Fsp3) is 0.412. The maximum atomic E-state index is 12.6. The molecule has 0 saturated heterocycles. The predicted molar refractivity (Wildman–Crippen MR) is 92.5 cm³/mol. The summed E-state index contributed by atoms with van der Waals surface area (Å²) in [5, 5.41) is 3.11. The Morgan fingerprint density at radius 1 is 1.35 bits per heavy atom. The van der Waals surface area contributed by atoms with Crippen molar-refractivity contribution in [2.75, 3.05) is 12.8 Å². The summed E-state index contributed by atoms with van der Waals surface area (Å²) in [5.74, 6) is -0.102. The molecule has 0 aliphatic heterocycles. The minimum atomic E-state index is -0.102. The monoisotopic (exact) mass is 331 g/mol. The molecular weight excluding hydrogens is 310 g/mol. The first kappa shape index (κ1) is 16.0. The van der Waals surface area contributed by atoms with Crippen molar-refractivity contribution in [3.63, 3.8) is 0 Å².